The minimum absolute atomic E-state index is 0.100. The second-order valence-corrected chi connectivity index (χ2v) is 4.46. The largest absolute Gasteiger partial charge is 0.494 e. The SMILES string of the molecule is COc1ccc(CCC(=O)NCCC(C)O)cc1F. The number of carbonyl (C=O) groups excluding carboxylic acids is 1. The molecule has 2 N–H and O–H groups in total. The molecule has 0 saturated heterocycles. The van der Waals surface area contributed by atoms with Crippen LogP contribution in [0.5, 0.6) is 5.75 Å². The van der Waals surface area contributed by atoms with E-state index >= 15 is 0 Å². The van der Waals surface area contributed by atoms with Crippen molar-refractivity contribution in [2.75, 3.05) is 13.7 Å². The first kappa shape index (κ1) is 15.4. The molecule has 0 saturated carbocycles. The predicted molar refractivity (Wildman–Crippen MR) is 70.6 cm³/mol. The predicted octanol–water partition coefficient (Wildman–Crippen LogP) is 1.65. The number of aliphatic hydroxyl groups excluding tert-OH is 1. The molecule has 0 radical (unpaired) electrons. The normalized spacial score (nSPS) is 12.0. The van der Waals surface area contributed by atoms with Crippen LogP contribution < -0.4 is 10.1 Å². The van der Waals surface area contributed by atoms with Crippen LogP contribution >= 0.6 is 0 Å². The Morgan fingerprint density at radius 1 is 1.53 bits per heavy atom. The number of benzene rings is 1. The number of halogens is 1. The fraction of sp³-hybridized carbons (Fsp3) is 0.500. The van der Waals surface area contributed by atoms with Crippen molar-refractivity contribution >= 4 is 5.91 Å². The van der Waals surface area contributed by atoms with Gasteiger partial charge in [-0.25, -0.2) is 4.39 Å². The van der Waals surface area contributed by atoms with Crippen molar-refractivity contribution in [3.05, 3.63) is 29.6 Å². The quantitative estimate of drug-likeness (QED) is 0.791. The second kappa shape index (κ2) is 7.74. The average Bonchev–Trinajstić information content (AvgIpc) is 2.36. The van der Waals surface area contributed by atoms with E-state index in [9.17, 15) is 9.18 Å². The maximum atomic E-state index is 13.4. The zero-order valence-electron chi connectivity index (χ0n) is 11.3. The Kier molecular flexibility index (Phi) is 6.29. The number of ether oxygens (including phenoxy) is 1. The van der Waals surface area contributed by atoms with Gasteiger partial charge >= 0.3 is 0 Å². The molecule has 0 heterocycles. The number of aliphatic hydroxyl groups is 1. The van der Waals surface area contributed by atoms with Crippen LogP contribution in [0.2, 0.25) is 0 Å². The summed E-state index contributed by atoms with van der Waals surface area (Å²) in [6.45, 7) is 2.12. The van der Waals surface area contributed by atoms with Gasteiger partial charge in [-0.15, -0.1) is 0 Å². The lowest BCUT2D eigenvalue weighted by Crippen LogP contribution is -2.26. The van der Waals surface area contributed by atoms with Crippen LogP contribution in [-0.2, 0) is 11.2 Å². The lowest BCUT2D eigenvalue weighted by Gasteiger charge is -2.07. The third kappa shape index (κ3) is 5.70. The van der Waals surface area contributed by atoms with E-state index in [2.05, 4.69) is 5.32 Å². The van der Waals surface area contributed by atoms with Crippen LogP contribution in [0, 0.1) is 5.82 Å². The second-order valence-electron chi connectivity index (χ2n) is 4.46. The van der Waals surface area contributed by atoms with Gasteiger partial charge in [-0.05, 0) is 37.5 Å². The van der Waals surface area contributed by atoms with E-state index in [0.29, 0.717) is 25.8 Å². The number of hydrogen-bond acceptors (Lipinski definition) is 3. The molecular formula is C14H20FNO3. The molecule has 0 aliphatic rings. The number of aryl methyl sites for hydroxylation is 1. The summed E-state index contributed by atoms with van der Waals surface area (Å²) in [7, 11) is 1.41. The van der Waals surface area contributed by atoms with Crippen molar-refractivity contribution in [1.82, 2.24) is 5.32 Å². The van der Waals surface area contributed by atoms with Gasteiger partial charge in [0, 0.05) is 13.0 Å². The molecule has 19 heavy (non-hydrogen) atoms. The summed E-state index contributed by atoms with van der Waals surface area (Å²) in [5.74, 6) is -0.323. The lowest BCUT2D eigenvalue weighted by molar-refractivity contribution is -0.121. The first-order valence-electron chi connectivity index (χ1n) is 6.30. The maximum absolute atomic E-state index is 13.4. The van der Waals surface area contributed by atoms with E-state index in [1.54, 1.807) is 19.1 Å². The first-order valence-corrected chi connectivity index (χ1v) is 6.30. The summed E-state index contributed by atoms with van der Waals surface area (Å²) in [6, 6.07) is 4.67. The molecule has 0 aliphatic heterocycles. The summed E-state index contributed by atoms with van der Waals surface area (Å²) in [5, 5.41) is 11.8. The highest BCUT2D eigenvalue weighted by atomic mass is 19.1. The van der Waals surface area contributed by atoms with E-state index in [4.69, 9.17) is 9.84 Å². The third-order valence-electron chi connectivity index (χ3n) is 2.74. The number of rotatable bonds is 7. The van der Waals surface area contributed by atoms with E-state index in [1.807, 2.05) is 0 Å². The van der Waals surface area contributed by atoms with E-state index in [-0.39, 0.29) is 11.7 Å². The van der Waals surface area contributed by atoms with Crippen molar-refractivity contribution in [1.29, 1.82) is 0 Å². The van der Waals surface area contributed by atoms with Gasteiger partial charge in [-0.3, -0.25) is 4.79 Å². The summed E-state index contributed by atoms with van der Waals surface area (Å²) in [6.07, 6.45) is 0.881. The van der Waals surface area contributed by atoms with Gasteiger partial charge in [0.15, 0.2) is 11.6 Å². The summed E-state index contributed by atoms with van der Waals surface area (Å²) in [4.78, 5) is 11.5. The molecule has 1 unspecified atom stereocenters. The molecule has 1 rings (SSSR count). The maximum Gasteiger partial charge on any atom is 0.220 e. The number of carbonyl (C=O) groups is 1. The Hall–Kier alpha value is -1.62. The fourth-order valence-electron chi connectivity index (χ4n) is 1.63. The summed E-state index contributed by atoms with van der Waals surface area (Å²) >= 11 is 0. The summed E-state index contributed by atoms with van der Waals surface area (Å²) in [5.41, 5.74) is 0.754. The Morgan fingerprint density at radius 3 is 2.84 bits per heavy atom. The monoisotopic (exact) mass is 269 g/mol. The van der Waals surface area contributed by atoms with Crippen LogP contribution in [-0.4, -0.2) is 30.8 Å². The molecule has 0 bridgehead atoms. The molecule has 1 atom stereocenters. The molecular weight excluding hydrogens is 249 g/mol. The van der Waals surface area contributed by atoms with E-state index in [0.717, 1.165) is 5.56 Å². The Morgan fingerprint density at radius 2 is 2.26 bits per heavy atom. The van der Waals surface area contributed by atoms with Gasteiger partial charge in [0.1, 0.15) is 0 Å². The smallest absolute Gasteiger partial charge is 0.220 e. The van der Waals surface area contributed by atoms with Gasteiger partial charge in [0.2, 0.25) is 5.91 Å². The van der Waals surface area contributed by atoms with Crippen molar-refractivity contribution in [2.24, 2.45) is 0 Å². The molecule has 4 nitrogen and oxygen atoms in total. The lowest BCUT2D eigenvalue weighted by atomic mass is 10.1. The minimum atomic E-state index is -0.422. The number of methoxy groups -OCH3 is 1. The zero-order valence-corrected chi connectivity index (χ0v) is 11.3. The summed E-state index contributed by atoms with van der Waals surface area (Å²) < 4.78 is 18.2. The van der Waals surface area contributed by atoms with E-state index < -0.39 is 11.9 Å². The number of hydrogen-bond donors (Lipinski definition) is 2. The molecule has 0 aromatic heterocycles. The Bertz CT molecular complexity index is 421. The van der Waals surface area contributed by atoms with E-state index in [1.165, 1.54) is 13.2 Å². The van der Waals surface area contributed by atoms with Crippen molar-refractivity contribution in [2.45, 2.75) is 32.3 Å². The molecule has 1 aromatic carbocycles. The van der Waals surface area contributed by atoms with Gasteiger partial charge in [0.05, 0.1) is 13.2 Å². The Balaban J connectivity index is 2.36. The average molecular weight is 269 g/mol. The molecule has 5 heteroatoms. The van der Waals surface area contributed by atoms with Crippen LogP contribution in [0.15, 0.2) is 18.2 Å². The minimum Gasteiger partial charge on any atom is -0.494 e. The highest BCUT2D eigenvalue weighted by Gasteiger charge is 2.06. The van der Waals surface area contributed by atoms with Crippen LogP contribution in [0.25, 0.3) is 0 Å². The molecule has 0 spiro atoms. The molecule has 0 aliphatic carbocycles. The van der Waals surface area contributed by atoms with Crippen molar-refractivity contribution < 1.29 is 19.0 Å². The zero-order chi connectivity index (χ0) is 14.3. The standard InChI is InChI=1S/C14H20FNO3/c1-10(17)7-8-16-14(18)6-4-11-3-5-13(19-2)12(15)9-11/h3,5,9-10,17H,4,6-8H2,1-2H3,(H,16,18). The fourth-order valence-corrected chi connectivity index (χ4v) is 1.63. The molecule has 1 aromatic rings. The molecule has 106 valence electrons. The van der Waals surface area contributed by atoms with Gasteiger partial charge < -0.3 is 15.2 Å². The highest BCUT2D eigenvalue weighted by molar-refractivity contribution is 5.76. The Labute approximate surface area is 112 Å². The van der Waals surface area contributed by atoms with Gasteiger partial charge in [-0.1, -0.05) is 6.07 Å². The first-order chi connectivity index (χ1) is 9.02. The van der Waals surface area contributed by atoms with Gasteiger partial charge in [0.25, 0.3) is 0 Å². The molecule has 1 amide bonds. The van der Waals surface area contributed by atoms with Crippen LogP contribution in [0.3, 0.4) is 0 Å². The van der Waals surface area contributed by atoms with Crippen molar-refractivity contribution in [3.8, 4) is 5.75 Å². The van der Waals surface area contributed by atoms with Gasteiger partial charge in [-0.2, -0.15) is 0 Å². The van der Waals surface area contributed by atoms with Crippen LogP contribution in [0.4, 0.5) is 4.39 Å². The third-order valence-corrected chi connectivity index (χ3v) is 2.74. The molecule has 0 fully saturated rings. The number of nitrogens with one attached hydrogen (secondary N) is 1. The van der Waals surface area contributed by atoms with Crippen LogP contribution in [0.1, 0.15) is 25.3 Å². The topological polar surface area (TPSA) is 58.6 Å². The van der Waals surface area contributed by atoms with Crippen molar-refractivity contribution in [3.63, 3.8) is 0 Å². The number of amides is 1. The highest BCUT2D eigenvalue weighted by Crippen LogP contribution is 2.18.